The molecule has 3 aliphatic carbocycles. The highest BCUT2D eigenvalue weighted by molar-refractivity contribution is 9.10. The van der Waals surface area contributed by atoms with Gasteiger partial charge in [0.25, 0.3) is 0 Å². The molecule has 2 saturated carbocycles. The molecule has 0 bridgehead atoms. The predicted octanol–water partition coefficient (Wildman–Crippen LogP) is 4.49. The molecule has 4 rings (SSSR count). The summed E-state index contributed by atoms with van der Waals surface area (Å²) in [5.41, 5.74) is 2.90. The molecule has 0 radical (unpaired) electrons. The minimum absolute atomic E-state index is 0.0820. The lowest BCUT2D eigenvalue weighted by Gasteiger charge is -2.48. The second kappa shape index (κ2) is 5.09. The Morgan fingerprint density at radius 2 is 2.14 bits per heavy atom. The fraction of sp³-hybridized carbons (Fsp3) is 0.632. The van der Waals surface area contributed by atoms with Crippen molar-refractivity contribution in [3.05, 3.63) is 29.3 Å². The summed E-state index contributed by atoms with van der Waals surface area (Å²) in [6.45, 7) is 2.22. The van der Waals surface area contributed by atoms with Gasteiger partial charge in [-0.05, 0) is 73.1 Å². The van der Waals surface area contributed by atoms with Crippen molar-refractivity contribution in [1.29, 1.82) is 0 Å². The summed E-state index contributed by atoms with van der Waals surface area (Å²) in [6.07, 6.45) is 5.58. The van der Waals surface area contributed by atoms with Crippen LogP contribution in [0.5, 0.6) is 5.75 Å². The summed E-state index contributed by atoms with van der Waals surface area (Å²) >= 11 is 3.63. The van der Waals surface area contributed by atoms with Crippen molar-refractivity contribution in [3.8, 4) is 5.75 Å². The molecule has 1 aromatic rings. The van der Waals surface area contributed by atoms with Crippen molar-refractivity contribution in [2.45, 2.75) is 49.8 Å². The second-order valence-electron chi connectivity index (χ2n) is 7.50. The Labute approximate surface area is 140 Å². The Morgan fingerprint density at radius 1 is 1.32 bits per heavy atom. The van der Waals surface area contributed by atoms with Gasteiger partial charge in [-0.2, -0.15) is 0 Å². The Balaban J connectivity index is 1.70. The third kappa shape index (κ3) is 1.94. The zero-order valence-corrected chi connectivity index (χ0v) is 14.9. The maximum Gasteiger partial charge on any atom is 0.152 e. The third-order valence-corrected chi connectivity index (χ3v) is 7.42. The first-order valence-corrected chi connectivity index (χ1v) is 9.31. The molecule has 5 atom stereocenters. The van der Waals surface area contributed by atoms with Crippen molar-refractivity contribution < 1.29 is 9.53 Å². The number of benzene rings is 1. The molecule has 0 aromatic heterocycles. The molecule has 0 spiro atoms. The Morgan fingerprint density at radius 3 is 2.91 bits per heavy atom. The average molecular weight is 363 g/mol. The number of ether oxygens (including phenoxy) is 1. The summed E-state index contributed by atoms with van der Waals surface area (Å²) in [4.78, 5) is 12.7. The van der Waals surface area contributed by atoms with Crippen LogP contribution in [0.3, 0.4) is 0 Å². The van der Waals surface area contributed by atoms with Crippen LogP contribution in [0.1, 0.15) is 49.7 Å². The normalized spacial score (nSPS) is 39.9. The fourth-order valence-electron chi connectivity index (χ4n) is 5.43. The molecule has 2 nitrogen and oxygen atoms in total. The lowest BCUT2D eigenvalue weighted by molar-refractivity contribution is -0.128. The van der Waals surface area contributed by atoms with E-state index in [1.54, 1.807) is 7.11 Å². The Kier molecular flexibility index (Phi) is 3.41. The first-order chi connectivity index (χ1) is 10.5. The van der Waals surface area contributed by atoms with Gasteiger partial charge in [0.05, 0.1) is 11.9 Å². The number of hydrogen-bond acceptors (Lipinski definition) is 2. The van der Waals surface area contributed by atoms with Crippen LogP contribution in [0.15, 0.2) is 18.2 Å². The topological polar surface area (TPSA) is 26.3 Å². The van der Waals surface area contributed by atoms with E-state index in [4.69, 9.17) is 4.74 Å². The van der Waals surface area contributed by atoms with Crippen LogP contribution >= 0.6 is 15.9 Å². The molecule has 0 heterocycles. The molecule has 0 amide bonds. The number of aryl methyl sites for hydroxylation is 1. The summed E-state index contributed by atoms with van der Waals surface area (Å²) in [5, 5.41) is 0. The molecule has 0 N–H and O–H groups in total. The molecule has 22 heavy (non-hydrogen) atoms. The first kappa shape index (κ1) is 14.7. The maximum absolute atomic E-state index is 12.6. The summed E-state index contributed by atoms with van der Waals surface area (Å²) in [6, 6.07) is 6.59. The van der Waals surface area contributed by atoms with Crippen LogP contribution in [-0.4, -0.2) is 17.7 Å². The quantitative estimate of drug-likeness (QED) is 0.687. The number of alkyl halides is 1. The van der Waals surface area contributed by atoms with Gasteiger partial charge in [0, 0.05) is 5.41 Å². The summed E-state index contributed by atoms with van der Waals surface area (Å²) in [5.74, 6) is 3.29. The zero-order chi connectivity index (χ0) is 15.5. The van der Waals surface area contributed by atoms with E-state index in [0.29, 0.717) is 23.5 Å². The number of rotatable bonds is 1. The zero-order valence-electron chi connectivity index (χ0n) is 13.3. The average Bonchev–Trinajstić information content (AvgIpc) is 2.77. The SMILES string of the molecule is COc1ccc2c(c1)CC[C@@H]1[C@@H]2CC[C@]2(C)C(=O)C(Br)C[C@@H]12. The highest BCUT2D eigenvalue weighted by Gasteiger charge is 2.57. The minimum atomic E-state index is -0.0840. The first-order valence-electron chi connectivity index (χ1n) is 8.40. The standard InChI is InChI=1S/C19H23BrO2/c1-19-8-7-14-13-6-4-12(22-2)9-11(13)3-5-15(14)16(19)10-17(20)18(19)21/h4,6,9,14-17H,3,5,7-8,10H2,1-2H3/t14-,15-,16+,17?,19+/m1/s1. The molecule has 0 aliphatic heterocycles. The number of ketones is 1. The number of methoxy groups -OCH3 is 1. The molecule has 1 unspecified atom stereocenters. The van der Waals surface area contributed by atoms with E-state index < -0.39 is 0 Å². The van der Waals surface area contributed by atoms with Gasteiger partial charge in [-0.3, -0.25) is 4.79 Å². The van der Waals surface area contributed by atoms with Crippen LogP contribution in [-0.2, 0) is 11.2 Å². The number of fused-ring (bicyclic) bond motifs is 5. The largest absolute Gasteiger partial charge is 0.497 e. The van der Waals surface area contributed by atoms with Crippen LogP contribution in [0, 0.1) is 17.3 Å². The van der Waals surface area contributed by atoms with Crippen LogP contribution in [0.4, 0.5) is 0 Å². The van der Waals surface area contributed by atoms with Gasteiger partial charge in [0.15, 0.2) is 5.78 Å². The number of hydrogen-bond donors (Lipinski definition) is 0. The van der Waals surface area contributed by atoms with Crippen molar-refractivity contribution in [1.82, 2.24) is 0 Å². The second-order valence-corrected chi connectivity index (χ2v) is 8.61. The highest BCUT2D eigenvalue weighted by Crippen LogP contribution is 2.60. The van der Waals surface area contributed by atoms with Gasteiger partial charge < -0.3 is 4.74 Å². The van der Waals surface area contributed by atoms with Crippen molar-refractivity contribution in [2.24, 2.45) is 17.3 Å². The van der Waals surface area contributed by atoms with Crippen LogP contribution < -0.4 is 4.74 Å². The summed E-state index contributed by atoms with van der Waals surface area (Å²) in [7, 11) is 1.74. The minimum Gasteiger partial charge on any atom is -0.497 e. The number of Topliss-reactive ketones (excluding diaryl/α,β-unsaturated/α-hetero) is 1. The van der Waals surface area contributed by atoms with E-state index in [0.717, 1.165) is 31.4 Å². The van der Waals surface area contributed by atoms with E-state index in [-0.39, 0.29) is 10.2 Å². The van der Waals surface area contributed by atoms with E-state index >= 15 is 0 Å². The number of carbonyl (C=O) groups is 1. The van der Waals surface area contributed by atoms with Gasteiger partial charge in [-0.25, -0.2) is 0 Å². The van der Waals surface area contributed by atoms with Gasteiger partial charge in [-0.1, -0.05) is 28.9 Å². The fourth-order valence-corrected chi connectivity index (χ4v) is 6.36. The van der Waals surface area contributed by atoms with E-state index in [2.05, 4.69) is 41.1 Å². The molecule has 3 heteroatoms. The molecular formula is C19H23BrO2. The molecule has 2 fully saturated rings. The van der Waals surface area contributed by atoms with Gasteiger partial charge in [-0.15, -0.1) is 0 Å². The smallest absolute Gasteiger partial charge is 0.152 e. The molecular weight excluding hydrogens is 340 g/mol. The van der Waals surface area contributed by atoms with Crippen LogP contribution in [0.2, 0.25) is 0 Å². The Bertz CT molecular complexity index is 626. The third-order valence-electron chi connectivity index (χ3n) is 6.63. The number of halogens is 1. The molecule has 3 aliphatic rings. The van der Waals surface area contributed by atoms with Crippen LogP contribution in [0.25, 0.3) is 0 Å². The molecule has 0 saturated heterocycles. The highest BCUT2D eigenvalue weighted by atomic mass is 79.9. The van der Waals surface area contributed by atoms with E-state index in [1.165, 1.54) is 17.5 Å². The molecule has 118 valence electrons. The van der Waals surface area contributed by atoms with Crippen molar-refractivity contribution in [2.75, 3.05) is 7.11 Å². The lowest BCUT2D eigenvalue weighted by atomic mass is 9.55. The van der Waals surface area contributed by atoms with Gasteiger partial charge in [0.2, 0.25) is 0 Å². The molecule has 1 aromatic carbocycles. The lowest BCUT2D eigenvalue weighted by Crippen LogP contribution is -2.42. The monoisotopic (exact) mass is 362 g/mol. The van der Waals surface area contributed by atoms with E-state index in [1.807, 2.05) is 0 Å². The number of carbonyl (C=O) groups excluding carboxylic acids is 1. The summed E-state index contributed by atoms with van der Waals surface area (Å²) < 4.78 is 5.38. The van der Waals surface area contributed by atoms with Crippen molar-refractivity contribution >= 4 is 21.7 Å². The van der Waals surface area contributed by atoms with Crippen molar-refractivity contribution in [3.63, 3.8) is 0 Å². The predicted molar refractivity (Wildman–Crippen MR) is 90.7 cm³/mol. The van der Waals surface area contributed by atoms with Gasteiger partial charge >= 0.3 is 0 Å². The maximum atomic E-state index is 12.6. The van der Waals surface area contributed by atoms with Gasteiger partial charge in [0.1, 0.15) is 5.75 Å². The Hall–Kier alpha value is -0.830. The van der Waals surface area contributed by atoms with E-state index in [9.17, 15) is 4.79 Å².